The van der Waals surface area contributed by atoms with Crippen LogP contribution in [0.3, 0.4) is 0 Å². The van der Waals surface area contributed by atoms with Gasteiger partial charge in [-0.15, -0.1) is 0 Å². The molecular formula is C21H18F3I3O7S. The Morgan fingerprint density at radius 3 is 1.97 bits per heavy atom. The predicted octanol–water partition coefficient (Wildman–Crippen LogP) is 5.99. The molecule has 0 heterocycles. The summed E-state index contributed by atoms with van der Waals surface area (Å²) in [4.78, 5) is 25.8. The number of esters is 2. The van der Waals surface area contributed by atoms with Gasteiger partial charge in [-0.3, -0.25) is 4.55 Å². The molecule has 0 fully saturated rings. The monoisotopic (exact) mass is 852 g/mol. The molecule has 2 aromatic carbocycles. The van der Waals surface area contributed by atoms with Gasteiger partial charge in [-0.2, -0.15) is 21.6 Å². The Balaban J connectivity index is 2.54. The smallest absolute Gasteiger partial charge is 0.426 e. The average molecular weight is 852 g/mol. The molecule has 0 aliphatic heterocycles. The molecule has 2 aromatic rings. The van der Waals surface area contributed by atoms with Crippen molar-refractivity contribution in [1.29, 1.82) is 0 Å². The lowest BCUT2D eigenvalue weighted by Gasteiger charge is -2.23. The van der Waals surface area contributed by atoms with Crippen LogP contribution in [0.4, 0.5) is 13.2 Å². The van der Waals surface area contributed by atoms with Gasteiger partial charge < -0.3 is 9.47 Å². The van der Waals surface area contributed by atoms with Crippen LogP contribution >= 0.6 is 67.8 Å². The molecule has 0 aromatic heterocycles. The van der Waals surface area contributed by atoms with Gasteiger partial charge in [0.05, 0.1) is 18.3 Å². The summed E-state index contributed by atoms with van der Waals surface area (Å²) in [7, 11) is -5.14. The molecule has 0 radical (unpaired) electrons. The third-order valence-electron chi connectivity index (χ3n) is 4.46. The van der Waals surface area contributed by atoms with Crippen molar-refractivity contribution in [2.75, 3.05) is 5.75 Å². The van der Waals surface area contributed by atoms with Gasteiger partial charge in [0.25, 0.3) is 10.1 Å². The molecule has 0 amide bonds. The van der Waals surface area contributed by atoms with Crippen LogP contribution in [0.2, 0.25) is 0 Å². The maximum Gasteiger partial charge on any atom is 0.426 e. The Labute approximate surface area is 240 Å². The number of hydrogen-bond acceptors (Lipinski definition) is 6. The number of halogens is 6. The molecule has 2 rings (SSSR count). The highest BCUT2D eigenvalue weighted by Gasteiger charge is 2.46. The number of benzene rings is 2. The maximum atomic E-state index is 13.3. The molecule has 1 unspecified atom stereocenters. The van der Waals surface area contributed by atoms with E-state index in [0.29, 0.717) is 12.7 Å². The molecule has 0 saturated heterocycles. The van der Waals surface area contributed by atoms with E-state index in [1.165, 1.54) is 18.2 Å². The third kappa shape index (κ3) is 8.67. The quantitative estimate of drug-likeness (QED) is 0.165. The van der Waals surface area contributed by atoms with Gasteiger partial charge in [0, 0.05) is 3.57 Å². The fourth-order valence-electron chi connectivity index (χ4n) is 2.71. The molecule has 192 valence electrons. The van der Waals surface area contributed by atoms with Gasteiger partial charge >= 0.3 is 18.1 Å². The van der Waals surface area contributed by atoms with E-state index < -0.39 is 51.1 Å². The molecule has 1 N–H and O–H groups in total. The molecular weight excluding hydrogens is 834 g/mol. The highest BCUT2D eigenvalue weighted by Crippen LogP contribution is 2.32. The van der Waals surface area contributed by atoms with Gasteiger partial charge in [-0.1, -0.05) is 26.8 Å². The van der Waals surface area contributed by atoms with Crippen LogP contribution in [0.1, 0.15) is 47.1 Å². The summed E-state index contributed by atoms with van der Waals surface area (Å²) in [6, 6.07) is 7.44. The Kier molecular flexibility index (Phi) is 9.88. The lowest BCUT2D eigenvalue weighted by Crippen LogP contribution is -2.39. The van der Waals surface area contributed by atoms with Crippen LogP contribution in [0.25, 0.3) is 0 Å². The highest BCUT2D eigenvalue weighted by atomic mass is 127. The fourth-order valence-corrected chi connectivity index (χ4v) is 7.15. The van der Waals surface area contributed by atoms with E-state index in [9.17, 15) is 31.2 Å². The van der Waals surface area contributed by atoms with E-state index >= 15 is 0 Å². The van der Waals surface area contributed by atoms with E-state index in [-0.39, 0.29) is 11.3 Å². The molecule has 0 aliphatic carbocycles. The Morgan fingerprint density at radius 2 is 1.51 bits per heavy atom. The molecule has 1 atom stereocenters. The van der Waals surface area contributed by atoms with Crippen LogP contribution in [-0.4, -0.2) is 42.9 Å². The Hall–Kier alpha value is -0.730. The first kappa shape index (κ1) is 30.5. The van der Waals surface area contributed by atoms with Crippen molar-refractivity contribution >= 4 is 89.8 Å². The zero-order chi connectivity index (χ0) is 26.9. The maximum absolute atomic E-state index is 13.3. The molecule has 0 spiro atoms. The number of carbonyl (C=O) groups is 2. The molecule has 0 bridgehead atoms. The Bertz CT molecular complexity index is 1230. The second-order valence-electron chi connectivity index (χ2n) is 8.28. The van der Waals surface area contributed by atoms with E-state index in [1.807, 2.05) is 45.2 Å². The standard InChI is InChI=1S/C21H18F3I3O7S/c1-20(2,3)10-4-5-12(18(28)34-17-14(26)7-11(25)8-15(17)27)13(6-10)19(29)33-16(21(22,23)24)9-35(30,31)32/h4-8,16H,9H2,1-3H3,(H,30,31,32). The summed E-state index contributed by atoms with van der Waals surface area (Å²) in [6.45, 7) is 5.34. The second-order valence-corrected chi connectivity index (χ2v) is 13.3. The minimum absolute atomic E-state index is 0.204. The first-order chi connectivity index (χ1) is 15.8. The summed E-state index contributed by atoms with van der Waals surface area (Å²) in [5, 5.41) is 0. The lowest BCUT2D eigenvalue weighted by atomic mass is 9.85. The molecule has 14 heteroatoms. The lowest BCUT2D eigenvalue weighted by molar-refractivity contribution is -0.197. The number of alkyl halides is 3. The predicted molar refractivity (Wildman–Crippen MR) is 146 cm³/mol. The fraction of sp³-hybridized carbons (Fsp3) is 0.333. The minimum atomic E-state index is -5.29. The van der Waals surface area contributed by atoms with Crippen molar-refractivity contribution < 1.29 is 45.2 Å². The first-order valence-electron chi connectivity index (χ1n) is 9.53. The van der Waals surface area contributed by atoms with Crippen LogP contribution in [0, 0.1) is 10.7 Å². The van der Waals surface area contributed by atoms with Crippen molar-refractivity contribution in [2.45, 2.75) is 38.5 Å². The number of hydrogen-bond donors (Lipinski definition) is 1. The normalized spacial score (nSPS) is 13.3. The molecule has 7 nitrogen and oxygen atoms in total. The van der Waals surface area contributed by atoms with Crippen molar-refractivity contribution in [2.24, 2.45) is 0 Å². The summed E-state index contributed by atoms with van der Waals surface area (Å²) in [5.74, 6) is -4.30. The zero-order valence-corrected chi connectivity index (χ0v) is 25.5. The Morgan fingerprint density at radius 1 is 0.971 bits per heavy atom. The SMILES string of the molecule is CC(C)(C)c1ccc(C(=O)Oc2c(I)cc(I)cc2I)c(C(=O)OC(CS(=O)(=O)O)C(F)(F)F)c1. The van der Waals surface area contributed by atoms with Crippen molar-refractivity contribution in [1.82, 2.24) is 0 Å². The number of rotatable bonds is 6. The summed E-state index contributed by atoms with van der Waals surface area (Å²) >= 11 is 5.99. The average Bonchev–Trinajstić information content (AvgIpc) is 2.67. The number of ether oxygens (including phenoxy) is 2. The summed E-state index contributed by atoms with van der Waals surface area (Å²) in [5.41, 5.74) is -0.975. The molecule has 35 heavy (non-hydrogen) atoms. The third-order valence-corrected chi connectivity index (χ3v) is 7.41. The van der Waals surface area contributed by atoms with E-state index in [2.05, 4.69) is 27.3 Å². The van der Waals surface area contributed by atoms with Crippen molar-refractivity contribution in [3.05, 3.63) is 57.7 Å². The van der Waals surface area contributed by atoms with E-state index in [4.69, 9.17) is 9.29 Å². The number of carbonyl (C=O) groups excluding carboxylic acids is 2. The van der Waals surface area contributed by atoms with E-state index in [1.54, 1.807) is 32.9 Å². The van der Waals surface area contributed by atoms with Crippen molar-refractivity contribution in [3.8, 4) is 5.75 Å². The molecule has 0 saturated carbocycles. The minimum Gasteiger partial charge on any atom is -0.448 e. The van der Waals surface area contributed by atoms with E-state index in [0.717, 1.165) is 3.57 Å². The second kappa shape index (κ2) is 11.3. The van der Waals surface area contributed by atoms with Gasteiger partial charge in [0.1, 0.15) is 5.75 Å². The van der Waals surface area contributed by atoms with Crippen LogP contribution in [0.15, 0.2) is 30.3 Å². The van der Waals surface area contributed by atoms with Crippen molar-refractivity contribution in [3.63, 3.8) is 0 Å². The van der Waals surface area contributed by atoms with Gasteiger partial charge in [-0.25, -0.2) is 9.59 Å². The topological polar surface area (TPSA) is 107 Å². The summed E-state index contributed by atoms with van der Waals surface area (Å²) < 4.78 is 82.9. The van der Waals surface area contributed by atoms with Crippen LogP contribution < -0.4 is 4.74 Å². The van der Waals surface area contributed by atoms with Gasteiger partial charge in [0.2, 0.25) is 6.10 Å². The molecule has 0 aliphatic rings. The highest BCUT2D eigenvalue weighted by molar-refractivity contribution is 14.1. The van der Waals surface area contributed by atoms with Crippen LogP contribution in [-0.2, 0) is 20.3 Å². The van der Waals surface area contributed by atoms with Gasteiger partial charge in [0.15, 0.2) is 5.75 Å². The largest absolute Gasteiger partial charge is 0.448 e. The summed E-state index contributed by atoms with van der Waals surface area (Å²) in [6.07, 6.45) is -8.44. The van der Waals surface area contributed by atoms with Gasteiger partial charge in [-0.05, 0) is 103 Å². The van der Waals surface area contributed by atoms with Crippen LogP contribution in [0.5, 0.6) is 5.75 Å². The first-order valence-corrected chi connectivity index (χ1v) is 14.4. The zero-order valence-electron chi connectivity index (χ0n) is 18.2.